The Morgan fingerprint density at radius 3 is 2.75 bits per heavy atom. The molecule has 0 saturated heterocycles. The van der Waals surface area contributed by atoms with E-state index >= 15 is 0 Å². The maximum absolute atomic E-state index is 11.2. The van der Waals surface area contributed by atoms with Crippen molar-refractivity contribution < 1.29 is 9.53 Å². The quantitative estimate of drug-likeness (QED) is 0.416. The summed E-state index contributed by atoms with van der Waals surface area (Å²) in [7, 11) is 0. The average molecular weight is 334 g/mol. The topological polar surface area (TPSA) is 26.3 Å². The number of ether oxygens (including phenoxy) is 1. The molecular formula is C13H19IO2. The first kappa shape index (κ1) is 15.4. The lowest BCUT2D eigenvalue weighted by Gasteiger charge is -2.04. The van der Waals surface area contributed by atoms with Gasteiger partial charge in [-0.3, -0.25) is 4.79 Å². The third kappa shape index (κ3) is 8.71. The summed E-state index contributed by atoms with van der Waals surface area (Å²) in [5.41, 5.74) is 1.19. The molecule has 0 aromatic rings. The standard InChI is InChI=1S/C13H19IO2/c1-4-16-13(15)10-12(3)7-5-6-11(2)8-9-14/h5-9,12H,4,10H2,1-3H3/b7-5+,9-8+,11-6+/t12-/m0/s1. The smallest absolute Gasteiger partial charge is 0.306 e. The van der Waals surface area contributed by atoms with Gasteiger partial charge in [0.15, 0.2) is 0 Å². The molecule has 0 N–H and O–H groups in total. The molecule has 0 unspecified atom stereocenters. The molecule has 0 saturated carbocycles. The van der Waals surface area contributed by atoms with Crippen LogP contribution in [0.25, 0.3) is 0 Å². The number of rotatable bonds is 6. The van der Waals surface area contributed by atoms with Crippen molar-refractivity contribution in [2.45, 2.75) is 27.2 Å². The van der Waals surface area contributed by atoms with Crippen molar-refractivity contribution in [3.8, 4) is 0 Å². The molecule has 1 atom stereocenters. The summed E-state index contributed by atoms with van der Waals surface area (Å²) in [6.07, 6.45) is 8.49. The van der Waals surface area contributed by atoms with E-state index in [9.17, 15) is 4.79 Å². The largest absolute Gasteiger partial charge is 0.466 e. The minimum absolute atomic E-state index is 0.132. The molecule has 0 aliphatic heterocycles. The van der Waals surface area contributed by atoms with Crippen LogP contribution < -0.4 is 0 Å². The first-order valence-corrected chi connectivity index (χ1v) is 6.62. The molecule has 90 valence electrons. The number of carbonyl (C=O) groups excluding carboxylic acids is 1. The highest BCUT2D eigenvalue weighted by Crippen LogP contribution is 2.06. The Hall–Kier alpha value is -0.580. The number of carbonyl (C=O) groups is 1. The maximum atomic E-state index is 11.2. The van der Waals surface area contributed by atoms with E-state index in [1.54, 1.807) is 0 Å². The Morgan fingerprint density at radius 1 is 1.50 bits per heavy atom. The van der Waals surface area contributed by atoms with Gasteiger partial charge >= 0.3 is 5.97 Å². The Morgan fingerprint density at radius 2 is 2.19 bits per heavy atom. The molecule has 2 nitrogen and oxygen atoms in total. The van der Waals surface area contributed by atoms with Crippen LogP contribution in [0.3, 0.4) is 0 Å². The predicted molar refractivity (Wildman–Crippen MR) is 76.5 cm³/mol. The predicted octanol–water partition coefficient (Wildman–Crippen LogP) is 4.03. The number of esters is 1. The van der Waals surface area contributed by atoms with Crippen molar-refractivity contribution in [3.05, 3.63) is 34.0 Å². The van der Waals surface area contributed by atoms with E-state index in [-0.39, 0.29) is 11.9 Å². The van der Waals surface area contributed by atoms with Gasteiger partial charge in [0.05, 0.1) is 13.0 Å². The Bertz CT molecular complexity index is 290. The van der Waals surface area contributed by atoms with Crippen molar-refractivity contribution in [1.82, 2.24) is 0 Å². The molecule has 16 heavy (non-hydrogen) atoms. The molecule has 0 bridgehead atoms. The average Bonchev–Trinajstić information content (AvgIpc) is 2.18. The van der Waals surface area contributed by atoms with Gasteiger partial charge in [-0.05, 0) is 23.8 Å². The summed E-state index contributed by atoms with van der Waals surface area (Å²) in [5, 5.41) is 0. The summed E-state index contributed by atoms with van der Waals surface area (Å²) in [5.74, 6) is 0.0826. The van der Waals surface area contributed by atoms with Crippen molar-refractivity contribution in [3.63, 3.8) is 0 Å². The highest BCUT2D eigenvalue weighted by molar-refractivity contribution is 14.1. The first-order chi connectivity index (χ1) is 7.60. The minimum Gasteiger partial charge on any atom is -0.466 e. The SMILES string of the molecule is CCOC(=O)C[C@@H](C)/C=C/C=C(C)/C=C/I. The summed E-state index contributed by atoms with van der Waals surface area (Å²) in [6, 6.07) is 0. The van der Waals surface area contributed by atoms with E-state index in [1.807, 2.05) is 49.2 Å². The Labute approximate surface area is 112 Å². The van der Waals surface area contributed by atoms with Gasteiger partial charge < -0.3 is 4.74 Å². The fraction of sp³-hybridized carbons (Fsp3) is 0.462. The van der Waals surface area contributed by atoms with E-state index in [1.165, 1.54) is 5.57 Å². The van der Waals surface area contributed by atoms with E-state index in [4.69, 9.17) is 4.74 Å². The van der Waals surface area contributed by atoms with Crippen LogP contribution in [0.2, 0.25) is 0 Å². The summed E-state index contributed by atoms with van der Waals surface area (Å²) < 4.78 is 6.85. The van der Waals surface area contributed by atoms with Crippen LogP contribution in [0.1, 0.15) is 27.2 Å². The van der Waals surface area contributed by atoms with E-state index < -0.39 is 0 Å². The molecule has 3 heteroatoms. The normalized spacial score (nSPS) is 14.6. The molecule has 0 rings (SSSR count). The third-order valence-electron chi connectivity index (χ3n) is 1.92. The van der Waals surface area contributed by atoms with E-state index in [0.29, 0.717) is 13.0 Å². The Balaban J connectivity index is 4.04. The zero-order valence-electron chi connectivity index (χ0n) is 10.1. The van der Waals surface area contributed by atoms with Gasteiger partial charge in [-0.25, -0.2) is 0 Å². The van der Waals surface area contributed by atoms with Crippen molar-refractivity contribution in [1.29, 1.82) is 0 Å². The molecule has 0 fully saturated rings. The molecular weight excluding hydrogens is 315 g/mol. The zero-order valence-corrected chi connectivity index (χ0v) is 12.2. The fourth-order valence-electron chi connectivity index (χ4n) is 1.10. The second kappa shape index (κ2) is 9.63. The zero-order chi connectivity index (χ0) is 12.4. The molecule has 0 aliphatic rings. The van der Waals surface area contributed by atoms with Gasteiger partial charge in [-0.1, -0.05) is 59.4 Å². The highest BCUT2D eigenvalue weighted by Gasteiger charge is 2.05. The molecule has 0 spiro atoms. The molecule has 0 aliphatic carbocycles. The molecule has 0 aromatic heterocycles. The van der Waals surface area contributed by atoms with Gasteiger partial charge in [-0.2, -0.15) is 0 Å². The summed E-state index contributed by atoms with van der Waals surface area (Å²) in [4.78, 5) is 11.2. The van der Waals surface area contributed by atoms with Crippen LogP contribution in [0.15, 0.2) is 34.0 Å². The van der Waals surface area contributed by atoms with Gasteiger partial charge in [-0.15, -0.1) is 0 Å². The number of hydrogen-bond acceptors (Lipinski definition) is 2. The van der Waals surface area contributed by atoms with E-state index in [2.05, 4.69) is 22.6 Å². The lowest BCUT2D eigenvalue weighted by molar-refractivity contribution is -0.143. The van der Waals surface area contributed by atoms with Gasteiger partial charge in [0.1, 0.15) is 0 Å². The van der Waals surface area contributed by atoms with Crippen molar-refractivity contribution in [2.24, 2.45) is 5.92 Å². The van der Waals surface area contributed by atoms with Crippen LogP contribution >= 0.6 is 22.6 Å². The Kier molecular flexibility index (Phi) is 9.28. The second-order valence-corrected chi connectivity index (χ2v) is 4.29. The van der Waals surface area contributed by atoms with Crippen LogP contribution in [0.4, 0.5) is 0 Å². The molecule has 0 radical (unpaired) electrons. The van der Waals surface area contributed by atoms with Gasteiger partial charge in [0, 0.05) is 0 Å². The summed E-state index contributed by atoms with van der Waals surface area (Å²) >= 11 is 2.19. The van der Waals surface area contributed by atoms with Gasteiger partial charge in [0.2, 0.25) is 0 Å². The van der Waals surface area contributed by atoms with E-state index in [0.717, 1.165) is 0 Å². The van der Waals surface area contributed by atoms with Crippen LogP contribution in [-0.4, -0.2) is 12.6 Å². The van der Waals surface area contributed by atoms with Gasteiger partial charge in [0.25, 0.3) is 0 Å². The molecule has 0 amide bonds. The minimum atomic E-state index is -0.132. The lowest BCUT2D eigenvalue weighted by Crippen LogP contribution is -2.07. The number of allylic oxidation sites excluding steroid dienone is 5. The maximum Gasteiger partial charge on any atom is 0.306 e. The van der Waals surface area contributed by atoms with Crippen LogP contribution in [-0.2, 0) is 9.53 Å². The molecule has 0 heterocycles. The fourth-order valence-corrected chi connectivity index (χ4v) is 1.67. The third-order valence-corrected chi connectivity index (χ3v) is 2.28. The number of hydrogen-bond donors (Lipinski definition) is 0. The van der Waals surface area contributed by atoms with Crippen molar-refractivity contribution >= 4 is 28.6 Å². The van der Waals surface area contributed by atoms with Crippen molar-refractivity contribution in [2.75, 3.05) is 6.61 Å². The highest BCUT2D eigenvalue weighted by atomic mass is 127. The second-order valence-electron chi connectivity index (χ2n) is 3.57. The van der Waals surface area contributed by atoms with Crippen LogP contribution in [0, 0.1) is 5.92 Å². The first-order valence-electron chi connectivity index (χ1n) is 5.37. The van der Waals surface area contributed by atoms with Crippen LogP contribution in [0.5, 0.6) is 0 Å². The monoisotopic (exact) mass is 334 g/mol. The summed E-state index contributed by atoms with van der Waals surface area (Å²) in [6.45, 7) is 6.32. The number of halogens is 1. The molecule has 0 aromatic carbocycles. The lowest BCUT2D eigenvalue weighted by atomic mass is 10.1.